The monoisotopic (exact) mass is 303 g/mol. The standard InChI is InChI=1S/C22H25N/c1-2-7-19-14-20-11-9-16(13-18(19)6-1)15-23(20)22-12-10-17-5-3-4-8-21(17)22/h1-8,16,20,22H,9-15H2/t16-,20+,22+/m0/s1. The van der Waals surface area contributed by atoms with Gasteiger partial charge in [-0.25, -0.2) is 0 Å². The molecule has 3 atom stereocenters. The fraction of sp³-hybridized carbons (Fsp3) is 0.455. The summed E-state index contributed by atoms with van der Waals surface area (Å²) in [5.41, 5.74) is 6.44. The van der Waals surface area contributed by atoms with Crippen molar-refractivity contribution in [3.05, 3.63) is 70.8 Å². The quantitative estimate of drug-likeness (QED) is 0.747. The lowest BCUT2D eigenvalue weighted by molar-refractivity contribution is 0.0574. The first kappa shape index (κ1) is 13.8. The Kier molecular flexibility index (Phi) is 3.29. The second-order valence-electron chi connectivity index (χ2n) is 7.72. The van der Waals surface area contributed by atoms with Crippen molar-refractivity contribution in [3.63, 3.8) is 0 Å². The summed E-state index contributed by atoms with van der Waals surface area (Å²) in [6.07, 6.45) is 7.94. The second kappa shape index (κ2) is 5.49. The zero-order valence-corrected chi connectivity index (χ0v) is 13.7. The first-order chi connectivity index (χ1) is 11.4. The molecule has 0 spiro atoms. The molecule has 118 valence electrons. The van der Waals surface area contributed by atoms with Gasteiger partial charge in [0.2, 0.25) is 0 Å². The summed E-state index contributed by atoms with van der Waals surface area (Å²) in [4.78, 5) is 2.88. The van der Waals surface area contributed by atoms with E-state index in [0.717, 1.165) is 12.0 Å². The highest BCUT2D eigenvalue weighted by atomic mass is 15.2. The number of hydrogen-bond acceptors (Lipinski definition) is 1. The predicted molar refractivity (Wildman–Crippen MR) is 94.6 cm³/mol. The van der Waals surface area contributed by atoms with E-state index < -0.39 is 0 Å². The molecule has 4 aliphatic rings. The number of aryl methyl sites for hydroxylation is 1. The Morgan fingerprint density at radius 3 is 2.35 bits per heavy atom. The van der Waals surface area contributed by atoms with Crippen LogP contribution in [0.5, 0.6) is 0 Å². The number of rotatable bonds is 1. The van der Waals surface area contributed by atoms with E-state index in [1.54, 1.807) is 22.3 Å². The number of hydrogen-bond donors (Lipinski definition) is 0. The third-order valence-electron chi connectivity index (χ3n) is 6.43. The van der Waals surface area contributed by atoms with Crippen LogP contribution in [-0.4, -0.2) is 17.5 Å². The fourth-order valence-electron chi connectivity index (χ4n) is 5.30. The number of benzene rings is 2. The maximum absolute atomic E-state index is 2.88. The van der Waals surface area contributed by atoms with Gasteiger partial charge in [-0.15, -0.1) is 0 Å². The summed E-state index contributed by atoms with van der Waals surface area (Å²) < 4.78 is 0. The van der Waals surface area contributed by atoms with Crippen LogP contribution in [0.2, 0.25) is 0 Å². The van der Waals surface area contributed by atoms with Gasteiger partial charge in [-0.3, -0.25) is 4.90 Å². The molecule has 6 rings (SSSR count). The van der Waals surface area contributed by atoms with E-state index in [4.69, 9.17) is 0 Å². The van der Waals surface area contributed by atoms with Gasteiger partial charge >= 0.3 is 0 Å². The Balaban J connectivity index is 1.50. The topological polar surface area (TPSA) is 3.24 Å². The molecule has 2 aliphatic carbocycles. The summed E-state index contributed by atoms with van der Waals surface area (Å²) in [7, 11) is 0. The predicted octanol–water partition coefficient (Wildman–Crippen LogP) is 4.55. The van der Waals surface area contributed by atoms with E-state index in [-0.39, 0.29) is 0 Å². The van der Waals surface area contributed by atoms with Gasteiger partial charge in [-0.2, -0.15) is 0 Å². The average Bonchev–Trinajstić information content (AvgIpc) is 2.98. The fourth-order valence-corrected chi connectivity index (χ4v) is 5.30. The molecule has 2 aromatic carbocycles. The molecule has 1 saturated heterocycles. The zero-order chi connectivity index (χ0) is 15.2. The molecule has 0 N–H and O–H groups in total. The molecule has 23 heavy (non-hydrogen) atoms. The summed E-state index contributed by atoms with van der Waals surface area (Å²) in [5, 5.41) is 0. The van der Waals surface area contributed by atoms with Gasteiger partial charge in [0.15, 0.2) is 0 Å². The van der Waals surface area contributed by atoms with E-state index in [9.17, 15) is 0 Å². The van der Waals surface area contributed by atoms with Crippen LogP contribution in [0.15, 0.2) is 48.5 Å². The Labute approximate surface area is 139 Å². The SMILES string of the molecule is c1ccc2c(c1)C[C@@H]1CC[C@H](C2)N([C@@H]2CCc3ccccc32)C1. The van der Waals surface area contributed by atoms with Crippen LogP contribution in [0.1, 0.15) is 47.6 Å². The molecule has 2 heterocycles. The zero-order valence-electron chi connectivity index (χ0n) is 13.7. The van der Waals surface area contributed by atoms with Gasteiger partial charge in [0.05, 0.1) is 0 Å². The Hall–Kier alpha value is -1.60. The smallest absolute Gasteiger partial charge is 0.0357 e. The minimum Gasteiger partial charge on any atom is -0.293 e. The van der Waals surface area contributed by atoms with E-state index >= 15 is 0 Å². The Morgan fingerprint density at radius 2 is 1.48 bits per heavy atom. The molecule has 2 aliphatic heterocycles. The first-order valence-corrected chi connectivity index (χ1v) is 9.29. The van der Waals surface area contributed by atoms with Crippen molar-refractivity contribution in [1.82, 2.24) is 4.90 Å². The normalized spacial score (nSPS) is 29.7. The highest BCUT2D eigenvalue weighted by Crippen LogP contribution is 2.42. The molecule has 0 saturated carbocycles. The van der Waals surface area contributed by atoms with Crippen molar-refractivity contribution in [2.24, 2.45) is 5.92 Å². The van der Waals surface area contributed by atoms with Crippen molar-refractivity contribution in [2.75, 3.05) is 6.54 Å². The summed E-state index contributed by atoms with van der Waals surface area (Å²) in [6, 6.07) is 19.8. The van der Waals surface area contributed by atoms with Gasteiger partial charge in [-0.1, -0.05) is 48.5 Å². The molecule has 0 aromatic heterocycles. The number of fused-ring (bicyclic) bond motifs is 3. The van der Waals surface area contributed by atoms with Crippen molar-refractivity contribution in [2.45, 2.75) is 50.6 Å². The lowest BCUT2D eigenvalue weighted by atomic mass is 9.79. The molecule has 1 heteroatoms. The molecule has 0 amide bonds. The van der Waals surface area contributed by atoms with Crippen LogP contribution < -0.4 is 0 Å². The van der Waals surface area contributed by atoms with E-state index in [0.29, 0.717) is 6.04 Å². The van der Waals surface area contributed by atoms with Crippen molar-refractivity contribution in [1.29, 1.82) is 0 Å². The lowest BCUT2D eigenvalue weighted by Gasteiger charge is -2.45. The highest BCUT2D eigenvalue weighted by Gasteiger charge is 2.38. The van der Waals surface area contributed by atoms with Gasteiger partial charge in [0.25, 0.3) is 0 Å². The lowest BCUT2D eigenvalue weighted by Crippen LogP contribution is -2.47. The number of nitrogens with zero attached hydrogens (tertiary/aromatic N) is 1. The minimum absolute atomic E-state index is 0.671. The van der Waals surface area contributed by atoms with E-state index in [1.165, 1.54) is 45.1 Å². The summed E-state index contributed by atoms with van der Waals surface area (Å²) in [6.45, 7) is 1.30. The minimum atomic E-state index is 0.671. The average molecular weight is 303 g/mol. The maximum Gasteiger partial charge on any atom is 0.0357 e. The van der Waals surface area contributed by atoms with Gasteiger partial charge in [-0.05, 0) is 66.7 Å². The molecule has 1 nitrogen and oxygen atoms in total. The van der Waals surface area contributed by atoms with Crippen molar-refractivity contribution < 1.29 is 0 Å². The Bertz CT molecular complexity index is 719. The molecule has 0 unspecified atom stereocenters. The third-order valence-corrected chi connectivity index (χ3v) is 6.43. The van der Waals surface area contributed by atoms with Crippen LogP contribution in [0, 0.1) is 5.92 Å². The Morgan fingerprint density at radius 1 is 0.739 bits per heavy atom. The van der Waals surface area contributed by atoms with Crippen molar-refractivity contribution in [3.8, 4) is 0 Å². The molecule has 0 radical (unpaired) electrons. The van der Waals surface area contributed by atoms with Gasteiger partial charge < -0.3 is 0 Å². The van der Waals surface area contributed by atoms with Gasteiger partial charge in [0.1, 0.15) is 0 Å². The third kappa shape index (κ3) is 2.33. The maximum atomic E-state index is 2.88. The molecule has 1 fully saturated rings. The summed E-state index contributed by atoms with van der Waals surface area (Å²) >= 11 is 0. The van der Waals surface area contributed by atoms with Crippen LogP contribution in [-0.2, 0) is 19.3 Å². The number of piperidine rings is 1. The molecular formula is C22H25N. The molecule has 2 aromatic rings. The van der Waals surface area contributed by atoms with Gasteiger partial charge in [0, 0.05) is 18.6 Å². The van der Waals surface area contributed by atoms with E-state index in [1.807, 2.05) is 0 Å². The highest BCUT2D eigenvalue weighted by molar-refractivity contribution is 5.35. The van der Waals surface area contributed by atoms with Crippen LogP contribution in [0.3, 0.4) is 0 Å². The van der Waals surface area contributed by atoms with Crippen molar-refractivity contribution >= 4 is 0 Å². The molecular weight excluding hydrogens is 278 g/mol. The second-order valence-corrected chi connectivity index (χ2v) is 7.72. The largest absolute Gasteiger partial charge is 0.293 e. The van der Waals surface area contributed by atoms with Crippen LogP contribution >= 0.6 is 0 Å². The molecule has 2 bridgehead atoms. The first-order valence-electron chi connectivity index (χ1n) is 9.29. The van der Waals surface area contributed by atoms with Crippen LogP contribution in [0.25, 0.3) is 0 Å². The van der Waals surface area contributed by atoms with Crippen LogP contribution in [0.4, 0.5) is 0 Å². The van der Waals surface area contributed by atoms with E-state index in [2.05, 4.69) is 53.4 Å². The summed E-state index contributed by atoms with van der Waals surface area (Å²) in [5.74, 6) is 0.848.